The summed E-state index contributed by atoms with van der Waals surface area (Å²) in [7, 11) is 0. The molecule has 1 atom stereocenters. The number of hydrogen-bond donors (Lipinski definition) is 0. The maximum Gasteiger partial charge on any atom is 0.263 e. The molecule has 0 saturated carbocycles. The van der Waals surface area contributed by atoms with E-state index in [1.54, 1.807) is 23.1 Å². The topological polar surface area (TPSA) is 34.9 Å². The molecule has 3 rings (SSSR count). The van der Waals surface area contributed by atoms with E-state index in [1.807, 2.05) is 11.5 Å². The molecule has 5 heteroatoms. The lowest BCUT2D eigenvalue weighted by Gasteiger charge is -2.33. The minimum atomic E-state index is 0.167. The first kappa shape index (κ1) is 17.0. The van der Waals surface area contributed by atoms with E-state index >= 15 is 0 Å². The molecule has 1 aliphatic rings. The van der Waals surface area contributed by atoms with Crippen LogP contribution in [-0.4, -0.2) is 15.3 Å². The number of nitrogens with zero attached hydrogens (tertiary/aromatic N) is 2. The highest BCUT2D eigenvalue weighted by molar-refractivity contribution is 7.99. The summed E-state index contributed by atoms with van der Waals surface area (Å²) in [5.41, 5.74) is 1.78. The van der Waals surface area contributed by atoms with Gasteiger partial charge in [-0.05, 0) is 48.8 Å². The van der Waals surface area contributed by atoms with Gasteiger partial charge in [0.25, 0.3) is 5.56 Å². The molecule has 0 fully saturated rings. The Labute approximate surface area is 146 Å². The average molecular weight is 351 g/mol. The molecule has 0 unspecified atom stereocenters. The molecule has 0 aromatic carbocycles. The first-order valence-electron chi connectivity index (χ1n) is 8.54. The molecule has 3 nitrogen and oxygen atoms in total. The van der Waals surface area contributed by atoms with Crippen LogP contribution in [0.2, 0.25) is 0 Å². The second-order valence-electron chi connectivity index (χ2n) is 7.37. The van der Waals surface area contributed by atoms with Crippen LogP contribution in [0.15, 0.2) is 9.95 Å². The maximum atomic E-state index is 13.0. The number of aryl methyl sites for hydroxylation is 1. The van der Waals surface area contributed by atoms with Crippen molar-refractivity contribution in [2.45, 2.75) is 65.6 Å². The number of fused-ring (bicyclic) bond motifs is 3. The Bertz CT molecular complexity index is 783. The maximum absolute atomic E-state index is 13.0. The van der Waals surface area contributed by atoms with E-state index in [9.17, 15) is 4.79 Å². The largest absolute Gasteiger partial charge is 0.287 e. The normalized spacial score (nSPS) is 18.4. The minimum absolute atomic E-state index is 0.167. The van der Waals surface area contributed by atoms with Crippen LogP contribution in [0, 0.1) is 11.3 Å². The highest BCUT2D eigenvalue weighted by Gasteiger charge is 2.32. The summed E-state index contributed by atoms with van der Waals surface area (Å²) in [5, 5.41) is 1.78. The molecule has 23 heavy (non-hydrogen) atoms. The second-order valence-corrected chi connectivity index (χ2v) is 9.68. The molecule has 0 bridgehead atoms. The van der Waals surface area contributed by atoms with E-state index in [-0.39, 0.29) is 5.56 Å². The molecule has 2 aromatic rings. The Hall–Kier alpha value is -0.810. The molecule has 0 N–H and O–H groups in total. The molecule has 2 heterocycles. The third kappa shape index (κ3) is 2.98. The monoisotopic (exact) mass is 350 g/mol. The molecule has 0 saturated heterocycles. The quantitative estimate of drug-likeness (QED) is 0.592. The molecule has 0 amide bonds. The molecule has 0 aliphatic heterocycles. The summed E-state index contributed by atoms with van der Waals surface area (Å²) in [5.74, 6) is 1.63. The van der Waals surface area contributed by atoms with Crippen LogP contribution >= 0.6 is 23.1 Å². The number of thiophene rings is 1. The van der Waals surface area contributed by atoms with Crippen LogP contribution in [-0.2, 0) is 19.4 Å². The zero-order valence-electron chi connectivity index (χ0n) is 14.7. The van der Waals surface area contributed by atoms with Gasteiger partial charge >= 0.3 is 0 Å². The summed E-state index contributed by atoms with van der Waals surface area (Å²) in [6, 6.07) is 0. The van der Waals surface area contributed by atoms with Gasteiger partial charge in [-0.15, -0.1) is 11.3 Å². The minimum Gasteiger partial charge on any atom is -0.287 e. The van der Waals surface area contributed by atoms with E-state index in [4.69, 9.17) is 4.98 Å². The summed E-state index contributed by atoms with van der Waals surface area (Å²) < 4.78 is 1.85. The van der Waals surface area contributed by atoms with Gasteiger partial charge in [-0.1, -0.05) is 39.5 Å². The zero-order valence-corrected chi connectivity index (χ0v) is 16.4. The van der Waals surface area contributed by atoms with Crippen LogP contribution in [0.5, 0.6) is 0 Å². The molecular formula is C18H26N2OS2. The summed E-state index contributed by atoms with van der Waals surface area (Å²) in [4.78, 5) is 20.2. The van der Waals surface area contributed by atoms with Gasteiger partial charge in [-0.2, -0.15) is 0 Å². The van der Waals surface area contributed by atoms with Crippen molar-refractivity contribution >= 4 is 33.3 Å². The fourth-order valence-electron chi connectivity index (χ4n) is 3.50. The van der Waals surface area contributed by atoms with Crippen LogP contribution in [0.1, 0.15) is 51.5 Å². The van der Waals surface area contributed by atoms with Gasteiger partial charge in [0.05, 0.1) is 5.39 Å². The van der Waals surface area contributed by atoms with Crippen LogP contribution in [0.25, 0.3) is 10.2 Å². The smallest absolute Gasteiger partial charge is 0.263 e. The third-order valence-corrected chi connectivity index (χ3v) is 6.95. The van der Waals surface area contributed by atoms with Crippen molar-refractivity contribution < 1.29 is 0 Å². The number of hydrogen-bond acceptors (Lipinski definition) is 4. The van der Waals surface area contributed by atoms with E-state index in [0.29, 0.717) is 17.9 Å². The van der Waals surface area contributed by atoms with Crippen molar-refractivity contribution in [3.63, 3.8) is 0 Å². The van der Waals surface area contributed by atoms with Gasteiger partial charge in [0.15, 0.2) is 5.16 Å². The predicted octanol–water partition coefficient (Wildman–Crippen LogP) is 4.74. The highest BCUT2D eigenvalue weighted by atomic mass is 32.2. The Balaban J connectivity index is 2.15. The Kier molecular flexibility index (Phi) is 4.62. The lowest BCUT2D eigenvalue weighted by Crippen LogP contribution is -2.27. The van der Waals surface area contributed by atoms with E-state index in [0.717, 1.165) is 34.0 Å². The zero-order chi connectivity index (χ0) is 16.8. The SMILES string of the molecule is CCSc1nc2sc3c(c2c(=O)n1CC)CC[C@@H](C(C)(C)C)C3. The van der Waals surface area contributed by atoms with E-state index in [1.165, 1.54) is 16.9 Å². The summed E-state index contributed by atoms with van der Waals surface area (Å²) in [6.07, 6.45) is 3.30. The van der Waals surface area contributed by atoms with Gasteiger partial charge in [-0.25, -0.2) is 4.98 Å². The van der Waals surface area contributed by atoms with Crippen LogP contribution in [0.3, 0.4) is 0 Å². The van der Waals surface area contributed by atoms with E-state index in [2.05, 4.69) is 27.7 Å². The van der Waals surface area contributed by atoms with Gasteiger partial charge in [0.2, 0.25) is 0 Å². The van der Waals surface area contributed by atoms with Crippen molar-refractivity contribution in [3.8, 4) is 0 Å². The first-order valence-corrected chi connectivity index (χ1v) is 10.3. The van der Waals surface area contributed by atoms with Gasteiger partial charge < -0.3 is 0 Å². The second kappa shape index (κ2) is 6.25. The van der Waals surface area contributed by atoms with E-state index < -0.39 is 0 Å². The summed E-state index contributed by atoms with van der Waals surface area (Å²) >= 11 is 3.42. The van der Waals surface area contributed by atoms with Crippen molar-refractivity contribution in [1.29, 1.82) is 0 Å². The molecule has 2 aromatic heterocycles. The number of rotatable bonds is 3. The van der Waals surface area contributed by atoms with Crippen molar-refractivity contribution in [1.82, 2.24) is 9.55 Å². The van der Waals surface area contributed by atoms with Crippen molar-refractivity contribution in [3.05, 3.63) is 20.8 Å². The lowest BCUT2D eigenvalue weighted by atomic mass is 9.72. The number of aromatic nitrogens is 2. The molecule has 0 radical (unpaired) electrons. The average Bonchev–Trinajstić information content (AvgIpc) is 2.84. The lowest BCUT2D eigenvalue weighted by molar-refractivity contribution is 0.218. The van der Waals surface area contributed by atoms with Gasteiger partial charge in [-0.3, -0.25) is 9.36 Å². The number of thioether (sulfide) groups is 1. The molecular weight excluding hydrogens is 324 g/mol. The fraction of sp³-hybridized carbons (Fsp3) is 0.667. The Morgan fingerprint density at radius 3 is 2.70 bits per heavy atom. The Morgan fingerprint density at radius 1 is 1.35 bits per heavy atom. The molecule has 126 valence electrons. The van der Waals surface area contributed by atoms with Gasteiger partial charge in [0, 0.05) is 11.4 Å². The van der Waals surface area contributed by atoms with Crippen molar-refractivity contribution in [2.24, 2.45) is 11.3 Å². The Morgan fingerprint density at radius 2 is 2.09 bits per heavy atom. The fourth-order valence-corrected chi connectivity index (χ4v) is 5.63. The van der Waals surface area contributed by atoms with Crippen LogP contribution < -0.4 is 5.56 Å². The predicted molar refractivity (Wildman–Crippen MR) is 101 cm³/mol. The summed E-state index contributed by atoms with van der Waals surface area (Å²) in [6.45, 7) is 11.8. The molecule has 1 aliphatic carbocycles. The first-order chi connectivity index (χ1) is 10.9. The molecule has 0 spiro atoms. The standard InChI is InChI=1S/C18H26N2OS2/c1-6-20-16(21)14-12-9-8-11(18(3,4)5)10-13(12)23-15(14)19-17(20)22-7-2/h11H,6-10H2,1-5H3/t11-/m1/s1. The van der Waals surface area contributed by atoms with Crippen LogP contribution in [0.4, 0.5) is 0 Å². The third-order valence-electron chi connectivity index (χ3n) is 4.95. The van der Waals surface area contributed by atoms with Gasteiger partial charge in [0.1, 0.15) is 4.83 Å². The van der Waals surface area contributed by atoms with Crippen molar-refractivity contribution in [2.75, 3.05) is 5.75 Å². The highest BCUT2D eigenvalue weighted by Crippen LogP contribution is 2.42.